The number of hydrogen-bond donors (Lipinski definition) is 8. The summed E-state index contributed by atoms with van der Waals surface area (Å²) < 4.78 is 15.1. The van der Waals surface area contributed by atoms with Crippen molar-refractivity contribution in [3.8, 4) is 0 Å². The van der Waals surface area contributed by atoms with E-state index in [4.69, 9.17) is 24.4 Å². The van der Waals surface area contributed by atoms with E-state index in [0.29, 0.717) is 0 Å². The Morgan fingerprint density at radius 3 is 1.78 bits per heavy atom. The quantitative estimate of drug-likeness (QED) is 0.243. The first-order chi connectivity index (χ1) is 10.8. The van der Waals surface area contributed by atoms with Crippen LogP contribution in [0.4, 0.5) is 0 Å². The van der Waals surface area contributed by atoms with E-state index in [-0.39, 0.29) is 0 Å². The first-order valence-electron chi connectivity index (χ1n) is 7.08. The van der Waals surface area contributed by atoms with Gasteiger partial charge in [0, 0.05) is 0 Å². The largest absolute Gasteiger partial charge is 0.394 e. The summed E-state index contributed by atoms with van der Waals surface area (Å²) in [6, 6.07) is 0. The van der Waals surface area contributed by atoms with Crippen LogP contribution in [-0.2, 0) is 14.2 Å². The van der Waals surface area contributed by atoms with E-state index in [9.17, 15) is 30.6 Å². The van der Waals surface area contributed by atoms with Gasteiger partial charge in [0.25, 0.3) is 0 Å². The maximum Gasteiger partial charge on any atom is 0.187 e. The topological polar surface area (TPSA) is 190 Å². The molecule has 136 valence electrons. The summed E-state index contributed by atoms with van der Waals surface area (Å²) in [5.41, 5.74) is 0. The van der Waals surface area contributed by atoms with Crippen LogP contribution in [0, 0.1) is 0 Å². The Hall–Kier alpha value is -0.440. The fraction of sp³-hybridized carbons (Fsp3) is 1.00. The van der Waals surface area contributed by atoms with Crippen molar-refractivity contribution < 1.29 is 55.1 Å². The molecule has 10 atom stereocenters. The standard InChI is InChI=1S/C12H22O11/c13-1-3-5(15)7(17)8(18)12(22-3)23-10-6(16)4(2-14)21-11(20)9(10)19/h3-20H,1-2H2/t3-,4-,5-,6-,7+,8-,9-,10+,11-,12+/m0/s1. The van der Waals surface area contributed by atoms with E-state index in [2.05, 4.69) is 0 Å². The van der Waals surface area contributed by atoms with Crippen LogP contribution in [0.25, 0.3) is 0 Å². The Morgan fingerprint density at radius 2 is 1.22 bits per heavy atom. The lowest BCUT2D eigenvalue weighted by Gasteiger charge is -2.45. The second kappa shape index (κ2) is 7.63. The van der Waals surface area contributed by atoms with Crippen LogP contribution in [0.2, 0.25) is 0 Å². The predicted octanol–water partition coefficient (Wildman–Crippen LogP) is -5.40. The highest BCUT2D eigenvalue weighted by molar-refractivity contribution is 4.93. The molecule has 2 aliphatic rings. The molecule has 2 fully saturated rings. The molecule has 2 heterocycles. The van der Waals surface area contributed by atoms with E-state index >= 15 is 0 Å². The molecule has 0 radical (unpaired) electrons. The maximum absolute atomic E-state index is 10.00. The summed E-state index contributed by atoms with van der Waals surface area (Å²) >= 11 is 0. The summed E-state index contributed by atoms with van der Waals surface area (Å²) in [6.45, 7) is -1.34. The normalized spacial score (nSPS) is 51.7. The molecule has 8 N–H and O–H groups in total. The second-order valence-corrected chi connectivity index (χ2v) is 5.53. The summed E-state index contributed by atoms with van der Waals surface area (Å²) in [7, 11) is 0. The molecule has 0 unspecified atom stereocenters. The van der Waals surface area contributed by atoms with Crippen LogP contribution in [-0.4, -0.2) is 115 Å². The average molecular weight is 342 g/mol. The van der Waals surface area contributed by atoms with Gasteiger partial charge in [-0.15, -0.1) is 0 Å². The fourth-order valence-electron chi connectivity index (χ4n) is 2.56. The highest BCUT2D eigenvalue weighted by Crippen LogP contribution is 2.28. The minimum Gasteiger partial charge on any atom is -0.394 e. The zero-order valence-electron chi connectivity index (χ0n) is 12.0. The number of aliphatic hydroxyl groups excluding tert-OH is 8. The molecule has 0 aromatic carbocycles. The van der Waals surface area contributed by atoms with Crippen molar-refractivity contribution >= 4 is 0 Å². The highest BCUT2D eigenvalue weighted by atomic mass is 16.7. The number of rotatable bonds is 4. The molecule has 0 amide bonds. The third-order valence-electron chi connectivity index (χ3n) is 3.98. The van der Waals surface area contributed by atoms with Gasteiger partial charge < -0.3 is 55.1 Å². The molecular weight excluding hydrogens is 320 g/mol. The molecule has 0 bridgehead atoms. The van der Waals surface area contributed by atoms with Gasteiger partial charge in [0.1, 0.15) is 48.8 Å². The van der Waals surface area contributed by atoms with Crippen LogP contribution in [0.5, 0.6) is 0 Å². The van der Waals surface area contributed by atoms with Gasteiger partial charge in [-0.3, -0.25) is 0 Å². The molecule has 2 saturated heterocycles. The Labute approximate surface area is 130 Å². The molecule has 2 aliphatic heterocycles. The van der Waals surface area contributed by atoms with Crippen molar-refractivity contribution in [2.24, 2.45) is 0 Å². The first kappa shape index (κ1) is 18.9. The Kier molecular flexibility index (Phi) is 6.27. The van der Waals surface area contributed by atoms with Crippen LogP contribution >= 0.6 is 0 Å². The van der Waals surface area contributed by atoms with Crippen LogP contribution in [0.3, 0.4) is 0 Å². The van der Waals surface area contributed by atoms with Crippen molar-refractivity contribution in [3.63, 3.8) is 0 Å². The number of ether oxygens (including phenoxy) is 3. The van der Waals surface area contributed by atoms with Crippen LogP contribution in [0.15, 0.2) is 0 Å². The van der Waals surface area contributed by atoms with Crippen molar-refractivity contribution in [1.82, 2.24) is 0 Å². The molecule has 0 spiro atoms. The number of hydrogen-bond acceptors (Lipinski definition) is 11. The summed E-state index contributed by atoms with van der Waals surface area (Å²) in [4.78, 5) is 0. The summed E-state index contributed by atoms with van der Waals surface area (Å²) in [5.74, 6) is 0. The van der Waals surface area contributed by atoms with Gasteiger partial charge in [-0.2, -0.15) is 0 Å². The minimum absolute atomic E-state index is 0.667. The third kappa shape index (κ3) is 3.65. The van der Waals surface area contributed by atoms with Gasteiger partial charge in [-0.05, 0) is 0 Å². The summed E-state index contributed by atoms with van der Waals surface area (Å²) in [6.07, 6.45) is -15.7. The van der Waals surface area contributed by atoms with Crippen LogP contribution in [0.1, 0.15) is 0 Å². The zero-order chi connectivity index (χ0) is 17.3. The van der Waals surface area contributed by atoms with Crippen molar-refractivity contribution in [1.29, 1.82) is 0 Å². The highest BCUT2D eigenvalue weighted by Gasteiger charge is 2.50. The molecule has 0 aromatic heterocycles. The molecule has 23 heavy (non-hydrogen) atoms. The van der Waals surface area contributed by atoms with Gasteiger partial charge >= 0.3 is 0 Å². The van der Waals surface area contributed by atoms with Gasteiger partial charge in [-0.25, -0.2) is 0 Å². The van der Waals surface area contributed by atoms with Gasteiger partial charge in [0.2, 0.25) is 0 Å². The fourth-order valence-corrected chi connectivity index (χ4v) is 2.56. The molecule has 2 rings (SSSR count). The third-order valence-corrected chi connectivity index (χ3v) is 3.98. The lowest BCUT2D eigenvalue weighted by Crippen LogP contribution is -2.64. The van der Waals surface area contributed by atoms with E-state index in [1.165, 1.54) is 0 Å². The lowest BCUT2D eigenvalue weighted by atomic mass is 9.97. The van der Waals surface area contributed by atoms with Gasteiger partial charge in [-0.1, -0.05) is 0 Å². The van der Waals surface area contributed by atoms with Crippen molar-refractivity contribution in [2.45, 2.75) is 61.4 Å². The summed E-state index contributed by atoms with van der Waals surface area (Å²) in [5, 5.41) is 76.8. The van der Waals surface area contributed by atoms with Crippen LogP contribution < -0.4 is 0 Å². The van der Waals surface area contributed by atoms with E-state index in [0.717, 1.165) is 0 Å². The Morgan fingerprint density at radius 1 is 0.652 bits per heavy atom. The van der Waals surface area contributed by atoms with E-state index in [1.807, 2.05) is 0 Å². The molecule has 11 heteroatoms. The van der Waals surface area contributed by atoms with E-state index in [1.54, 1.807) is 0 Å². The number of aliphatic hydroxyl groups is 8. The zero-order valence-corrected chi connectivity index (χ0v) is 12.0. The molecule has 11 nitrogen and oxygen atoms in total. The molecule has 0 saturated carbocycles. The molecular formula is C12H22O11. The molecule has 0 aliphatic carbocycles. The van der Waals surface area contributed by atoms with Gasteiger partial charge in [0.15, 0.2) is 12.6 Å². The smallest absolute Gasteiger partial charge is 0.187 e. The first-order valence-corrected chi connectivity index (χ1v) is 7.08. The SMILES string of the molecule is OC[C@@H]1O[C@H](O[C@@H]2[C@@H](O)[C@H](CO)O[C@H](O)[C@H]2O)[C@@H](O)[C@H](O)[C@H]1O. The minimum atomic E-state index is -1.76. The Balaban J connectivity index is 2.11. The lowest BCUT2D eigenvalue weighted by molar-refractivity contribution is -0.355. The van der Waals surface area contributed by atoms with Gasteiger partial charge in [0.05, 0.1) is 13.2 Å². The Bertz CT molecular complexity index is 380. The predicted molar refractivity (Wildman–Crippen MR) is 68.6 cm³/mol. The average Bonchev–Trinajstić information content (AvgIpc) is 2.54. The second-order valence-electron chi connectivity index (χ2n) is 5.53. The maximum atomic E-state index is 10.00. The van der Waals surface area contributed by atoms with Crippen molar-refractivity contribution in [2.75, 3.05) is 13.2 Å². The molecule has 0 aromatic rings. The van der Waals surface area contributed by atoms with Crippen molar-refractivity contribution in [3.05, 3.63) is 0 Å². The van der Waals surface area contributed by atoms with E-state index < -0.39 is 74.6 Å². The monoisotopic (exact) mass is 342 g/mol.